The molecule has 1 saturated carbocycles. The van der Waals surface area contributed by atoms with Gasteiger partial charge in [-0.1, -0.05) is 0 Å². The Kier molecular flexibility index (Phi) is 4.25. The first kappa shape index (κ1) is 15.8. The van der Waals surface area contributed by atoms with Crippen molar-refractivity contribution >= 4 is 15.7 Å². The molecule has 1 fully saturated rings. The van der Waals surface area contributed by atoms with Gasteiger partial charge in [0.1, 0.15) is 17.9 Å². The van der Waals surface area contributed by atoms with E-state index in [1.54, 1.807) is 19.1 Å². The van der Waals surface area contributed by atoms with Gasteiger partial charge in [-0.3, -0.25) is 10.1 Å². The minimum absolute atomic E-state index is 0.0943. The number of benzene rings is 1. The van der Waals surface area contributed by atoms with Gasteiger partial charge in [0.2, 0.25) is 5.91 Å². The van der Waals surface area contributed by atoms with Crippen molar-refractivity contribution in [1.29, 1.82) is 0 Å². The summed E-state index contributed by atoms with van der Waals surface area (Å²) < 4.78 is 28.3. The highest BCUT2D eigenvalue weighted by atomic mass is 32.2. The van der Waals surface area contributed by atoms with Crippen molar-refractivity contribution in [1.82, 2.24) is 5.32 Å². The van der Waals surface area contributed by atoms with Crippen molar-refractivity contribution in [2.24, 2.45) is 5.73 Å². The Balaban J connectivity index is 2.02. The van der Waals surface area contributed by atoms with E-state index >= 15 is 0 Å². The molecular formula is C14H20N2O4S. The molecule has 1 unspecified atom stereocenters. The van der Waals surface area contributed by atoms with Crippen molar-refractivity contribution in [3.8, 4) is 5.75 Å². The molecule has 1 atom stereocenters. The average molecular weight is 312 g/mol. The molecule has 1 aliphatic rings. The van der Waals surface area contributed by atoms with Crippen molar-refractivity contribution in [2.75, 3.05) is 12.9 Å². The monoisotopic (exact) mass is 312 g/mol. The van der Waals surface area contributed by atoms with E-state index in [1.165, 1.54) is 12.1 Å². The second-order valence-corrected chi connectivity index (χ2v) is 7.66. The van der Waals surface area contributed by atoms with Crippen LogP contribution >= 0.6 is 0 Å². The van der Waals surface area contributed by atoms with E-state index in [0.29, 0.717) is 11.8 Å². The number of hydrogen-bond donors (Lipinski definition) is 2. The summed E-state index contributed by atoms with van der Waals surface area (Å²) >= 11 is 0. The quantitative estimate of drug-likeness (QED) is 0.762. The van der Waals surface area contributed by atoms with Crippen molar-refractivity contribution in [3.05, 3.63) is 24.3 Å². The zero-order chi connectivity index (χ0) is 15.7. The standard InChI is InChI=1S/C14H20N2O4S/c1-14(13(15)17,16-10-3-4-10)9-20-11-5-7-12(8-6-11)21(2,18)19/h5-8,10,16H,3-4,9H2,1-2H3,(H2,15,17). The summed E-state index contributed by atoms with van der Waals surface area (Å²) in [6.07, 6.45) is 3.21. The van der Waals surface area contributed by atoms with Crippen LogP contribution in [0.5, 0.6) is 5.75 Å². The Bertz CT molecular complexity index is 623. The Labute approximate surface area is 124 Å². The maximum absolute atomic E-state index is 11.6. The second-order valence-electron chi connectivity index (χ2n) is 5.65. The fourth-order valence-corrected chi connectivity index (χ4v) is 2.50. The fourth-order valence-electron chi connectivity index (χ4n) is 1.87. The van der Waals surface area contributed by atoms with E-state index in [4.69, 9.17) is 10.5 Å². The molecule has 1 aliphatic carbocycles. The van der Waals surface area contributed by atoms with Crippen LogP contribution < -0.4 is 15.8 Å². The van der Waals surface area contributed by atoms with Gasteiger partial charge in [-0.15, -0.1) is 0 Å². The summed E-state index contributed by atoms with van der Waals surface area (Å²) in [5.74, 6) is 0.0228. The van der Waals surface area contributed by atoms with Gasteiger partial charge in [0.25, 0.3) is 0 Å². The molecule has 0 heterocycles. The first-order valence-corrected chi connectivity index (χ1v) is 8.60. The number of rotatable bonds is 7. The van der Waals surface area contributed by atoms with Crippen LogP contribution in [0.4, 0.5) is 0 Å². The second kappa shape index (κ2) is 5.65. The molecule has 21 heavy (non-hydrogen) atoms. The maximum Gasteiger partial charge on any atom is 0.240 e. The van der Waals surface area contributed by atoms with Crippen LogP contribution in [0.3, 0.4) is 0 Å². The number of amides is 1. The molecule has 0 saturated heterocycles. The van der Waals surface area contributed by atoms with E-state index in [0.717, 1.165) is 19.1 Å². The molecule has 7 heteroatoms. The Morgan fingerprint density at radius 3 is 2.38 bits per heavy atom. The third-order valence-electron chi connectivity index (χ3n) is 3.42. The zero-order valence-electron chi connectivity index (χ0n) is 12.1. The maximum atomic E-state index is 11.6. The van der Waals surface area contributed by atoms with Gasteiger partial charge in [-0.2, -0.15) is 0 Å². The van der Waals surface area contributed by atoms with E-state index in [1.807, 2.05) is 0 Å². The van der Waals surface area contributed by atoms with Crippen LogP contribution in [0.15, 0.2) is 29.2 Å². The Morgan fingerprint density at radius 1 is 1.38 bits per heavy atom. The number of carbonyl (C=O) groups excluding carboxylic acids is 1. The molecule has 2 rings (SSSR count). The van der Waals surface area contributed by atoms with Crippen LogP contribution in [0.1, 0.15) is 19.8 Å². The number of hydrogen-bond acceptors (Lipinski definition) is 5. The average Bonchev–Trinajstić information content (AvgIpc) is 3.19. The van der Waals surface area contributed by atoms with Gasteiger partial charge in [0.15, 0.2) is 9.84 Å². The van der Waals surface area contributed by atoms with Gasteiger partial charge in [0.05, 0.1) is 4.90 Å². The lowest BCUT2D eigenvalue weighted by molar-refractivity contribution is -0.125. The molecule has 1 amide bonds. The Morgan fingerprint density at radius 2 is 1.95 bits per heavy atom. The number of ether oxygens (including phenoxy) is 1. The molecule has 0 spiro atoms. The summed E-state index contributed by atoms with van der Waals surface area (Å²) in [6.45, 7) is 1.80. The SMILES string of the molecule is CC(COc1ccc(S(C)(=O)=O)cc1)(NC1CC1)C(N)=O. The van der Waals surface area contributed by atoms with Gasteiger partial charge in [0, 0.05) is 12.3 Å². The van der Waals surface area contributed by atoms with Crippen LogP contribution in [-0.2, 0) is 14.6 Å². The predicted octanol–water partition coefficient (Wildman–Crippen LogP) is 0.465. The van der Waals surface area contributed by atoms with Gasteiger partial charge < -0.3 is 10.5 Å². The predicted molar refractivity (Wildman–Crippen MR) is 78.8 cm³/mol. The largest absolute Gasteiger partial charge is 0.491 e. The number of primary amides is 1. The number of sulfone groups is 1. The lowest BCUT2D eigenvalue weighted by Gasteiger charge is -2.27. The molecule has 0 radical (unpaired) electrons. The number of carbonyl (C=O) groups is 1. The topological polar surface area (TPSA) is 98.5 Å². The Hall–Kier alpha value is -1.60. The summed E-state index contributed by atoms with van der Waals surface area (Å²) in [6, 6.07) is 6.39. The minimum atomic E-state index is -3.23. The lowest BCUT2D eigenvalue weighted by Crippen LogP contribution is -2.57. The summed E-state index contributed by atoms with van der Waals surface area (Å²) in [4.78, 5) is 11.8. The first-order valence-electron chi connectivity index (χ1n) is 6.71. The summed E-state index contributed by atoms with van der Waals surface area (Å²) in [5.41, 5.74) is 4.50. The van der Waals surface area contributed by atoms with Gasteiger partial charge >= 0.3 is 0 Å². The first-order chi connectivity index (χ1) is 9.71. The highest BCUT2D eigenvalue weighted by Gasteiger charge is 2.37. The van der Waals surface area contributed by atoms with E-state index in [-0.39, 0.29) is 11.5 Å². The highest BCUT2D eigenvalue weighted by Crippen LogP contribution is 2.23. The molecule has 0 bridgehead atoms. The molecule has 6 nitrogen and oxygen atoms in total. The molecule has 0 aromatic heterocycles. The van der Waals surface area contributed by atoms with Crippen LogP contribution in [0.25, 0.3) is 0 Å². The molecule has 1 aromatic rings. The lowest BCUT2D eigenvalue weighted by atomic mass is 10.0. The molecule has 1 aromatic carbocycles. The molecular weight excluding hydrogens is 292 g/mol. The van der Waals surface area contributed by atoms with Crippen molar-refractivity contribution < 1.29 is 17.9 Å². The molecule has 3 N–H and O–H groups in total. The molecule has 116 valence electrons. The van der Waals surface area contributed by atoms with E-state index in [9.17, 15) is 13.2 Å². The third-order valence-corrected chi connectivity index (χ3v) is 4.55. The van der Waals surface area contributed by atoms with Gasteiger partial charge in [-0.25, -0.2) is 8.42 Å². The normalized spacial score (nSPS) is 18.0. The van der Waals surface area contributed by atoms with Crippen molar-refractivity contribution in [3.63, 3.8) is 0 Å². The van der Waals surface area contributed by atoms with Crippen LogP contribution in [0, 0.1) is 0 Å². The number of nitrogens with two attached hydrogens (primary N) is 1. The fraction of sp³-hybridized carbons (Fsp3) is 0.500. The van der Waals surface area contributed by atoms with Crippen LogP contribution in [0.2, 0.25) is 0 Å². The van der Waals surface area contributed by atoms with Gasteiger partial charge in [-0.05, 0) is 44.0 Å². The van der Waals surface area contributed by atoms with Crippen molar-refractivity contribution in [2.45, 2.75) is 36.2 Å². The summed E-state index contributed by atoms with van der Waals surface area (Å²) in [5, 5.41) is 3.18. The van der Waals surface area contributed by atoms with E-state index in [2.05, 4.69) is 5.32 Å². The summed E-state index contributed by atoms with van der Waals surface area (Å²) in [7, 11) is -3.23. The van der Waals surface area contributed by atoms with Crippen LogP contribution in [-0.4, -0.2) is 38.8 Å². The smallest absolute Gasteiger partial charge is 0.240 e. The minimum Gasteiger partial charge on any atom is -0.491 e. The zero-order valence-corrected chi connectivity index (χ0v) is 12.9. The highest BCUT2D eigenvalue weighted by molar-refractivity contribution is 7.90. The molecule has 0 aliphatic heterocycles. The third kappa shape index (κ3) is 4.18. The number of nitrogens with one attached hydrogen (secondary N) is 1. The van der Waals surface area contributed by atoms with E-state index < -0.39 is 21.3 Å².